The molecule has 0 saturated heterocycles. The Morgan fingerprint density at radius 1 is 1.47 bits per heavy atom. The van der Waals surface area contributed by atoms with Gasteiger partial charge in [0, 0.05) is 0 Å². The standard InChI is InChI=1S/C12H19NO2/c1-3-5-6-7-8-10-13(9-4-2)11-12(14)15/h2-3H,1,5-11H2,(H,14,15). The van der Waals surface area contributed by atoms with Gasteiger partial charge in [-0.25, -0.2) is 0 Å². The van der Waals surface area contributed by atoms with Gasteiger partial charge in [0.2, 0.25) is 0 Å². The normalized spacial score (nSPS) is 9.87. The van der Waals surface area contributed by atoms with Crippen LogP contribution in [-0.2, 0) is 4.79 Å². The van der Waals surface area contributed by atoms with Crippen molar-refractivity contribution in [1.82, 2.24) is 4.90 Å². The monoisotopic (exact) mass is 209 g/mol. The highest BCUT2D eigenvalue weighted by Gasteiger charge is 2.07. The number of allylic oxidation sites excluding steroid dienone is 1. The van der Waals surface area contributed by atoms with Crippen LogP contribution in [-0.4, -0.2) is 35.6 Å². The first kappa shape index (κ1) is 13.7. The number of carboxylic acid groups (broad SMARTS) is 1. The maximum absolute atomic E-state index is 10.5. The fraction of sp³-hybridized carbons (Fsp3) is 0.583. The molecule has 0 aromatic rings. The molecule has 0 aliphatic carbocycles. The molecule has 0 aliphatic heterocycles. The lowest BCUT2D eigenvalue weighted by Crippen LogP contribution is -2.31. The van der Waals surface area contributed by atoms with Crippen LogP contribution in [0.1, 0.15) is 25.7 Å². The number of unbranched alkanes of at least 4 members (excludes halogenated alkanes) is 3. The minimum Gasteiger partial charge on any atom is -0.480 e. The van der Waals surface area contributed by atoms with Crippen LogP contribution in [0.25, 0.3) is 0 Å². The highest BCUT2D eigenvalue weighted by atomic mass is 16.4. The minimum absolute atomic E-state index is 0.0334. The first-order chi connectivity index (χ1) is 7.20. The van der Waals surface area contributed by atoms with Gasteiger partial charge in [0.1, 0.15) is 0 Å². The lowest BCUT2D eigenvalue weighted by Gasteiger charge is -2.16. The molecule has 1 N–H and O–H groups in total. The van der Waals surface area contributed by atoms with Crippen molar-refractivity contribution in [3.8, 4) is 12.3 Å². The van der Waals surface area contributed by atoms with Gasteiger partial charge in [-0.2, -0.15) is 0 Å². The van der Waals surface area contributed by atoms with Gasteiger partial charge in [-0.1, -0.05) is 18.4 Å². The van der Waals surface area contributed by atoms with Gasteiger partial charge in [-0.3, -0.25) is 9.69 Å². The number of terminal acetylenes is 1. The third-order valence-electron chi connectivity index (χ3n) is 2.06. The van der Waals surface area contributed by atoms with E-state index in [9.17, 15) is 4.79 Å². The summed E-state index contributed by atoms with van der Waals surface area (Å²) in [6, 6.07) is 0. The van der Waals surface area contributed by atoms with Gasteiger partial charge >= 0.3 is 5.97 Å². The largest absolute Gasteiger partial charge is 0.480 e. The lowest BCUT2D eigenvalue weighted by atomic mass is 10.2. The van der Waals surface area contributed by atoms with Crippen LogP contribution in [0, 0.1) is 12.3 Å². The zero-order chi connectivity index (χ0) is 11.5. The molecule has 0 atom stereocenters. The van der Waals surface area contributed by atoms with Crippen molar-refractivity contribution >= 4 is 5.97 Å². The highest BCUT2D eigenvalue weighted by Crippen LogP contribution is 2.02. The van der Waals surface area contributed by atoms with Crippen molar-refractivity contribution in [2.24, 2.45) is 0 Å². The van der Waals surface area contributed by atoms with Gasteiger partial charge in [-0.15, -0.1) is 13.0 Å². The van der Waals surface area contributed by atoms with Crippen LogP contribution >= 0.6 is 0 Å². The van der Waals surface area contributed by atoms with Crippen molar-refractivity contribution in [3.63, 3.8) is 0 Å². The summed E-state index contributed by atoms with van der Waals surface area (Å²) in [4.78, 5) is 12.3. The summed E-state index contributed by atoms with van der Waals surface area (Å²) in [5, 5.41) is 8.63. The average molecular weight is 209 g/mol. The fourth-order valence-electron chi connectivity index (χ4n) is 1.34. The molecule has 0 fully saturated rings. The molecule has 0 aromatic heterocycles. The van der Waals surface area contributed by atoms with Crippen molar-refractivity contribution in [1.29, 1.82) is 0 Å². The van der Waals surface area contributed by atoms with Crippen molar-refractivity contribution in [3.05, 3.63) is 12.7 Å². The number of carbonyl (C=O) groups is 1. The second-order valence-electron chi connectivity index (χ2n) is 3.45. The minimum atomic E-state index is -0.823. The summed E-state index contributed by atoms with van der Waals surface area (Å²) in [6.07, 6.45) is 11.3. The Morgan fingerprint density at radius 3 is 2.73 bits per heavy atom. The van der Waals surface area contributed by atoms with Crippen LogP contribution in [0.4, 0.5) is 0 Å². The molecule has 0 amide bonds. The first-order valence-corrected chi connectivity index (χ1v) is 5.19. The molecule has 0 bridgehead atoms. The Hall–Kier alpha value is -1.27. The van der Waals surface area contributed by atoms with Gasteiger partial charge in [0.15, 0.2) is 0 Å². The molecule has 0 heterocycles. The number of rotatable bonds is 9. The Morgan fingerprint density at radius 2 is 2.20 bits per heavy atom. The molecule has 0 unspecified atom stereocenters. The quantitative estimate of drug-likeness (QED) is 0.357. The zero-order valence-electron chi connectivity index (χ0n) is 9.11. The van der Waals surface area contributed by atoms with E-state index >= 15 is 0 Å². The highest BCUT2D eigenvalue weighted by molar-refractivity contribution is 5.69. The average Bonchev–Trinajstić information content (AvgIpc) is 2.17. The van der Waals surface area contributed by atoms with Gasteiger partial charge in [0.05, 0.1) is 13.1 Å². The summed E-state index contributed by atoms with van der Waals surface area (Å²) in [5.41, 5.74) is 0. The van der Waals surface area contributed by atoms with Crippen LogP contribution in [0.5, 0.6) is 0 Å². The molecular formula is C12H19NO2. The maximum atomic E-state index is 10.5. The van der Waals surface area contributed by atoms with Gasteiger partial charge < -0.3 is 5.11 Å². The smallest absolute Gasteiger partial charge is 0.317 e. The molecule has 3 nitrogen and oxygen atoms in total. The van der Waals surface area contributed by atoms with Crippen molar-refractivity contribution in [2.75, 3.05) is 19.6 Å². The van der Waals surface area contributed by atoms with Crippen LogP contribution in [0.3, 0.4) is 0 Å². The predicted octanol–water partition coefficient (Wildman–Crippen LogP) is 1.75. The second-order valence-corrected chi connectivity index (χ2v) is 3.45. The number of aliphatic carboxylic acids is 1. The van der Waals surface area contributed by atoms with E-state index < -0.39 is 5.97 Å². The number of hydrogen-bond acceptors (Lipinski definition) is 2. The van der Waals surface area contributed by atoms with E-state index in [0.29, 0.717) is 6.54 Å². The van der Waals surface area contributed by atoms with E-state index in [-0.39, 0.29) is 6.54 Å². The number of nitrogens with zero attached hydrogens (tertiary/aromatic N) is 1. The summed E-state index contributed by atoms with van der Waals surface area (Å²) in [5.74, 6) is 1.65. The van der Waals surface area contributed by atoms with Crippen LogP contribution in [0.2, 0.25) is 0 Å². The topological polar surface area (TPSA) is 40.5 Å². The number of carboxylic acids is 1. The Labute approximate surface area is 91.8 Å². The Bertz CT molecular complexity index is 230. The third-order valence-corrected chi connectivity index (χ3v) is 2.06. The van der Waals surface area contributed by atoms with Crippen molar-refractivity contribution < 1.29 is 9.90 Å². The molecule has 0 radical (unpaired) electrons. The van der Waals surface area contributed by atoms with Crippen LogP contribution in [0.15, 0.2) is 12.7 Å². The maximum Gasteiger partial charge on any atom is 0.317 e. The van der Waals surface area contributed by atoms with E-state index in [0.717, 1.165) is 32.2 Å². The SMILES string of the molecule is C#CCN(CCCCCC=C)CC(=O)O. The second kappa shape index (κ2) is 9.29. The molecule has 0 rings (SSSR count). The van der Waals surface area contributed by atoms with Gasteiger partial charge in [-0.05, 0) is 25.8 Å². The summed E-state index contributed by atoms with van der Waals surface area (Å²) in [7, 11) is 0. The number of hydrogen-bond donors (Lipinski definition) is 1. The zero-order valence-corrected chi connectivity index (χ0v) is 9.11. The summed E-state index contributed by atoms with van der Waals surface area (Å²) in [6.45, 7) is 4.85. The first-order valence-electron chi connectivity index (χ1n) is 5.19. The molecule has 3 heteroatoms. The molecule has 0 aliphatic rings. The molecular weight excluding hydrogens is 190 g/mol. The molecule has 15 heavy (non-hydrogen) atoms. The summed E-state index contributed by atoms with van der Waals surface area (Å²) >= 11 is 0. The predicted molar refractivity (Wildman–Crippen MR) is 61.6 cm³/mol. The van der Waals surface area contributed by atoms with E-state index in [1.807, 2.05) is 6.08 Å². The van der Waals surface area contributed by atoms with E-state index in [1.54, 1.807) is 4.90 Å². The summed E-state index contributed by atoms with van der Waals surface area (Å²) < 4.78 is 0. The molecule has 0 saturated carbocycles. The molecule has 84 valence electrons. The Kier molecular flexibility index (Phi) is 8.50. The van der Waals surface area contributed by atoms with Crippen molar-refractivity contribution in [2.45, 2.75) is 25.7 Å². The van der Waals surface area contributed by atoms with Gasteiger partial charge in [0.25, 0.3) is 0 Å². The van der Waals surface area contributed by atoms with E-state index in [4.69, 9.17) is 11.5 Å². The Balaban J connectivity index is 3.61. The molecule has 0 spiro atoms. The fourth-order valence-corrected chi connectivity index (χ4v) is 1.34. The lowest BCUT2D eigenvalue weighted by molar-refractivity contribution is -0.138. The van der Waals surface area contributed by atoms with E-state index in [2.05, 4.69) is 12.5 Å². The molecule has 0 aromatic carbocycles. The third kappa shape index (κ3) is 9.04. The van der Waals surface area contributed by atoms with Crippen LogP contribution < -0.4 is 0 Å². The van der Waals surface area contributed by atoms with E-state index in [1.165, 1.54) is 0 Å².